The second kappa shape index (κ2) is 6.59. The van der Waals surface area contributed by atoms with Crippen molar-refractivity contribution in [3.05, 3.63) is 41.5 Å². The number of benzene rings is 1. The zero-order chi connectivity index (χ0) is 12.0. The van der Waals surface area contributed by atoms with Crippen molar-refractivity contribution in [3.8, 4) is 5.75 Å². The van der Waals surface area contributed by atoms with Gasteiger partial charge < -0.3 is 4.74 Å². The summed E-state index contributed by atoms with van der Waals surface area (Å²) in [5.74, 6) is 0.872. The summed E-state index contributed by atoms with van der Waals surface area (Å²) >= 11 is 6.33. The van der Waals surface area contributed by atoms with Gasteiger partial charge in [0.1, 0.15) is 5.75 Å². The molecule has 1 aromatic rings. The Morgan fingerprint density at radius 2 is 2.00 bits per heavy atom. The normalized spacial score (nSPS) is 13.6. The maximum Gasteiger partial charge on any atom is 0.118 e. The number of alkyl halides is 1. The molecule has 88 valence electrons. The number of allylic oxidation sites excluding steroid dienone is 2. The highest BCUT2D eigenvalue weighted by Gasteiger charge is 2.07. The number of ether oxygens (including phenoxy) is 1. The lowest BCUT2D eigenvalue weighted by Gasteiger charge is -2.10. The summed E-state index contributed by atoms with van der Waals surface area (Å²) in [7, 11) is 1.67. The molecule has 0 aliphatic carbocycles. The highest BCUT2D eigenvalue weighted by molar-refractivity contribution is 6.20. The minimum Gasteiger partial charge on any atom is -0.497 e. The van der Waals surface area contributed by atoms with E-state index >= 15 is 0 Å². The Kier molecular flexibility index (Phi) is 5.41. The quantitative estimate of drug-likeness (QED) is 0.533. The molecule has 1 unspecified atom stereocenters. The zero-order valence-electron chi connectivity index (χ0n) is 10.2. The van der Waals surface area contributed by atoms with Gasteiger partial charge in [0.25, 0.3) is 0 Å². The number of methoxy groups -OCH3 is 1. The van der Waals surface area contributed by atoms with Gasteiger partial charge >= 0.3 is 0 Å². The van der Waals surface area contributed by atoms with Crippen molar-refractivity contribution in [3.63, 3.8) is 0 Å². The third-order valence-corrected chi connectivity index (χ3v) is 3.23. The molecule has 0 amide bonds. The average molecular weight is 239 g/mol. The third kappa shape index (κ3) is 3.90. The van der Waals surface area contributed by atoms with E-state index < -0.39 is 0 Å². The van der Waals surface area contributed by atoms with Gasteiger partial charge in [0.05, 0.1) is 12.5 Å². The summed E-state index contributed by atoms with van der Waals surface area (Å²) in [6.45, 7) is 4.20. The van der Waals surface area contributed by atoms with E-state index in [1.807, 2.05) is 24.3 Å². The summed E-state index contributed by atoms with van der Waals surface area (Å²) in [5, 5.41) is 0.0841. The van der Waals surface area contributed by atoms with Crippen LogP contribution < -0.4 is 4.74 Å². The van der Waals surface area contributed by atoms with Crippen molar-refractivity contribution in [2.45, 2.75) is 32.1 Å². The van der Waals surface area contributed by atoms with Gasteiger partial charge in [-0.15, -0.1) is 11.6 Å². The Labute approximate surface area is 103 Å². The number of hydrogen-bond donors (Lipinski definition) is 0. The molecule has 1 aromatic carbocycles. The highest BCUT2D eigenvalue weighted by atomic mass is 35.5. The molecule has 1 nitrogen and oxygen atoms in total. The summed E-state index contributed by atoms with van der Waals surface area (Å²) in [6, 6.07) is 7.96. The van der Waals surface area contributed by atoms with Crippen LogP contribution in [-0.4, -0.2) is 7.11 Å². The smallest absolute Gasteiger partial charge is 0.118 e. The lowest BCUT2D eigenvalue weighted by Crippen LogP contribution is -1.92. The van der Waals surface area contributed by atoms with Crippen molar-refractivity contribution in [2.75, 3.05) is 7.11 Å². The first-order valence-electron chi connectivity index (χ1n) is 5.57. The van der Waals surface area contributed by atoms with Crippen LogP contribution in [0.25, 0.3) is 0 Å². The van der Waals surface area contributed by atoms with Gasteiger partial charge in [0.2, 0.25) is 0 Å². The molecule has 0 saturated carbocycles. The molecule has 0 spiro atoms. The van der Waals surface area contributed by atoms with Crippen LogP contribution >= 0.6 is 11.6 Å². The topological polar surface area (TPSA) is 9.23 Å². The van der Waals surface area contributed by atoms with Crippen molar-refractivity contribution in [2.24, 2.45) is 0 Å². The largest absolute Gasteiger partial charge is 0.497 e. The van der Waals surface area contributed by atoms with E-state index in [1.165, 1.54) is 5.57 Å². The first-order chi connectivity index (χ1) is 7.67. The number of hydrogen-bond acceptors (Lipinski definition) is 1. The monoisotopic (exact) mass is 238 g/mol. The zero-order valence-corrected chi connectivity index (χ0v) is 10.9. The van der Waals surface area contributed by atoms with E-state index in [0.717, 1.165) is 24.2 Å². The van der Waals surface area contributed by atoms with Gasteiger partial charge in [-0.25, -0.2) is 0 Å². The third-order valence-electron chi connectivity index (χ3n) is 2.76. The van der Waals surface area contributed by atoms with E-state index in [1.54, 1.807) is 7.11 Å². The van der Waals surface area contributed by atoms with Gasteiger partial charge in [-0.2, -0.15) is 0 Å². The Hall–Kier alpha value is -0.950. The molecule has 1 rings (SSSR count). The van der Waals surface area contributed by atoms with E-state index in [4.69, 9.17) is 16.3 Å². The minimum atomic E-state index is 0.0841. The van der Waals surface area contributed by atoms with Crippen molar-refractivity contribution >= 4 is 11.6 Å². The molecule has 0 aliphatic heterocycles. The van der Waals surface area contributed by atoms with Crippen LogP contribution in [0.3, 0.4) is 0 Å². The van der Waals surface area contributed by atoms with Crippen molar-refractivity contribution in [1.82, 2.24) is 0 Å². The Morgan fingerprint density at radius 3 is 2.50 bits per heavy atom. The summed E-state index contributed by atoms with van der Waals surface area (Å²) in [4.78, 5) is 0. The summed E-state index contributed by atoms with van der Waals surface area (Å²) in [5.41, 5.74) is 2.55. The van der Waals surface area contributed by atoms with E-state index in [0.29, 0.717) is 0 Å². The van der Waals surface area contributed by atoms with Gasteiger partial charge in [-0.1, -0.05) is 23.8 Å². The van der Waals surface area contributed by atoms with Crippen LogP contribution in [-0.2, 0) is 0 Å². The standard InChI is InChI=1S/C14H19ClO/c1-4-11(2)5-10-14(15)12-6-8-13(16-3)9-7-12/h4,6-9,14H,5,10H2,1-3H3. The highest BCUT2D eigenvalue weighted by Crippen LogP contribution is 2.28. The fourth-order valence-electron chi connectivity index (χ4n) is 1.48. The molecule has 16 heavy (non-hydrogen) atoms. The maximum atomic E-state index is 6.33. The number of halogens is 1. The Balaban J connectivity index is 2.55. The molecule has 0 radical (unpaired) electrons. The van der Waals surface area contributed by atoms with Crippen LogP contribution in [0.15, 0.2) is 35.9 Å². The molecule has 2 heteroatoms. The van der Waals surface area contributed by atoms with Crippen LogP contribution in [0.4, 0.5) is 0 Å². The van der Waals surface area contributed by atoms with E-state index in [9.17, 15) is 0 Å². The molecule has 0 saturated heterocycles. The van der Waals surface area contributed by atoms with Gasteiger partial charge in [-0.3, -0.25) is 0 Å². The fourth-order valence-corrected chi connectivity index (χ4v) is 1.73. The van der Waals surface area contributed by atoms with Crippen LogP contribution in [0.1, 0.15) is 37.6 Å². The van der Waals surface area contributed by atoms with Gasteiger partial charge in [-0.05, 0) is 44.4 Å². The summed E-state index contributed by atoms with van der Waals surface area (Å²) < 4.78 is 5.11. The molecule has 0 aromatic heterocycles. The Bertz CT molecular complexity index is 340. The second-order valence-corrected chi connectivity index (χ2v) is 4.44. The predicted molar refractivity (Wildman–Crippen MR) is 70.3 cm³/mol. The minimum absolute atomic E-state index is 0.0841. The molecular formula is C14H19ClO. The van der Waals surface area contributed by atoms with Crippen LogP contribution in [0.5, 0.6) is 5.75 Å². The van der Waals surface area contributed by atoms with E-state index in [2.05, 4.69) is 19.9 Å². The van der Waals surface area contributed by atoms with Crippen LogP contribution in [0.2, 0.25) is 0 Å². The van der Waals surface area contributed by atoms with E-state index in [-0.39, 0.29) is 5.38 Å². The lowest BCUT2D eigenvalue weighted by atomic mass is 10.0. The number of rotatable bonds is 5. The summed E-state index contributed by atoms with van der Waals surface area (Å²) in [6.07, 6.45) is 4.17. The van der Waals surface area contributed by atoms with Gasteiger partial charge in [0, 0.05) is 0 Å². The first-order valence-corrected chi connectivity index (χ1v) is 6.00. The lowest BCUT2D eigenvalue weighted by molar-refractivity contribution is 0.414. The first kappa shape index (κ1) is 13.1. The van der Waals surface area contributed by atoms with Gasteiger partial charge in [0.15, 0.2) is 0 Å². The predicted octanol–water partition coefficient (Wildman–Crippen LogP) is 4.72. The van der Waals surface area contributed by atoms with Crippen molar-refractivity contribution in [1.29, 1.82) is 0 Å². The van der Waals surface area contributed by atoms with Crippen LogP contribution in [0, 0.1) is 0 Å². The SMILES string of the molecule is CC=C(C)CCC(Cl)c1ccc(OC)cc1. The van der Waals surface area contributed by atoms with Crippen molar-refractivity contribution < 1.29 is 4.74 Å². The second-order valence-electron chi connectivity index (χ2n) is 3.91. The molecule has 0 heterocycles. The molecule has 0 fully saturated rings. The average Bonchev–Trinajstić information content (AvgIpc) is 2.35. The molecule has 0 aliphatic rings. The molecule has 0 bridgehead atoms. The Morgan fingerprint density at radius 1 is 1.38 bits per heavy atom. The molecule has 1 atom stereocenters. The molecular weight excluding hydrogens is 220 g/mol. The molecule has 0 N–H and O–H groups in total. The maximum absolute atomic E-state index is 6.33. The fraction of sp³-hybridized carbons (Fsp3) is 0.429.